The Balaban J connectivity index is 3.01. The molecular weight excluding hydrogens is 204 g/mol. The minimum absolute atomic E-state index is 0.264. The van der Waals surface area contributed by atoms with Crippen molar-refractivity contribution in [2.75, 3.05) is 0 Å². The maximum atomic E-state index is 10.7. The Morgan fingerprint density at radius 2 is 1.75 bits per heavy atom. The number of carbonyl (C=O) groups excluding carboxylic acids is 1. The molecule has 16 heavy (non-hydrogen) atoms. The number of hydrogen-bond donors (Lipinski definition) is 1. The minimum atomic E-state index is -0.524. The number of carbonyl (C=O) groups is 1. The predicted molar refractivity (Wildman–Crippen MR) is 63.1 cm³/mol. The number of ether oxygens (including phenoxy) is 1. The largest absolute Gasteiger partial charge is 0.487 e. The zero-order chi connectivity index (χ0) is 12.3. The molecule has 0 aromatic heterocycles. The van der Waals surface area contributed by atoms with E-state index in [0.29, 0.717) is 5.56 Å². The standard InChI is InChI=1S/C13H18O3/c1-8-5-12(7-14)6-9(2)13(8)16-11(4)10(3)15/h5-7,10-11,15H,1-4H3. The van der Waals surface area contributed by atoms with Crippen LogP contribution < -0.4 is 4.74 Å². The first kappa shape index (κ1) is 12.7. The van der Waals surface area contributed by atoms with Crippen molar-refractivity contribution >= 4 is 6.29 Å². The second-order valence-corrected chi connectivity index (χ2v) is 4.17. The molecule has 1 aromatic carbocycles. The van der Waals surface area contributed by atoms with E-state index in [0.717, 1.165) is 23.2 Å². The SMILES string of the molecule is Cc1cc(C=O)cc(C)c1OC(C)C(C)O. The average Bonchev–Trinajstić information content (AvgIpc) is 2.22. The quantitative estimate of drug-likeness (QED) is 0.795. The lowest BCUT2D eigenvalue weighted by Gasteiger charge is -2.20. The van der Waals surface area contributed by atoms with E-state index in [9.17, 15) is 9.90 Å². The van der Waals surface area contributed by atoms with E-state index < -0.39 is 6.10 Å². The van der Waals surface area contributed by atoms with Crippen LogP contribution >= 0.6 is 0 Å². The number of aryl methyl sites for hydroxylation is 2. The second-order valence-electron chi connectivity index (χ2n) is 4.17. The summed E-state index contributed by atoms with van der Waals surface area (Å²) in [5.41, 5.74) is 2.47. The molecule has 1 aromatic rings. The Bertz CT molecular complexity index is 360. The summed E-state index contributed by atoms with van der Waals surface area (Å²) in [4.78, 5) is 10.7. The molecule has 0 aliphatic heterocycles. The Hall–Kier alpha value is -1.35. The third-order valence-corrected chi connectivity index (χ3v) is 2.60. The van der Waals surface area contributed by atoms with Crippen molar-refractivity contribution < 1.29 is 14.6 Å². The molecule has 0 aliphatic carbocycles. The molecule has 1 rings (SSSR count). The van der Waals surface area contributed by atoms with Gasteiger partial charge in [0.2, 0.25) is 0 Å². The average molecular weight is 222 g/mol. The fourth-order valence-electron chi connectivity index (χ4n) is 1.52. The van der Waals surface area contributed by atoms with Crippen LogP contribution in [0, 0.1) is 13.8 Å². The van der Waals surface area contributed by atoms with Crippen molar-refractivity contribution in [2.24, 2.45) is 0 Å². The lowest BCUT2D eigenvalue weighted by molar-refractivity contribution is 0.0595. The van der Waals surface area contributed by atoms with Gasteiger partial charge in [-0.2, -0.15) is 0 Å². The highest BCUT2D eigenvalue weighted by Gasteiger charge is 2.14. The Kier molecular flexibility index (Phi) is 4.07. The molecule has 2 atom stereocenters. The van der Waals surface area contributed by atoms with Gasteiger partial charge in [-0.25, -0.2) is 0 Å². The first-order valence-electron chi connectivity index (χ1n) is 5.37. The van der Waals surface area contributed by atoms with Gasteiger partial charge in [-0.15, -0.1) is 0 Å². The van der Waals surface area contributed by atoms with Gasteiger partial charge in [-0.1, -0.05) is 0 Å². The summed E-state index contributed by atoms with van der Waals surface area (Å²) < 4.78 is 5.67. The van der Waals surface area contributed by atoms with E-state index in [1.165, 1.54) is 0 Å². The first-order valence-corrected chi connectivity index (χ1v) is 5.37. The van der Waals surface area contributed by atoms with Gasteiger partial charge in [-0.05, 0) is 51.0 Å². The summed E-state index contributed by atoms with van der Waals surface area (Å²) >= 11 is 0. The number of benzene rings is 1. The number of hydrogen-bond acceptors (Lipinski definition) is 3. The highest BCUT2D eigenvalue weighted by molar-refractivity contribution is 5.76. The molecule has 3 nitrogen and oxygen atoms in total. The van der Waals surface area contributed by atoms with Crippen LogP contribution in [0.2, 0.25) is 0 Å². The van der Waals surface area contributed by atoms with Crippen LogP contribution in [0.5, 0.6) is 5.75 Å². The topological polar surface area (TPSA) is 46.5 Å². The fourth-order valence-corrected chi connectivity index (χ4v) is 1.52. The normalized spacial score (nSPS) is 14.3. The Morgan fingerprint density at radius 3 is 2.12 bits per heavy atom. The second kappa shape index (κ2) is 5.12. The maximum Gasteiger partial charge on any atom is 0.150 e. The smallest absolute Gasteiger partial charge is 0.150 e. The zero-order valence-electron chi connectivity index (χ0n) is 10.2. The van der Waals surface area contributed by atoms with Crippen LogP contribution in [0.15, 0.2) is 12.1 Å². The molecule has 0 saturated heterocycles. The Labute approximate surface area is 96.1 Å². The molecule has 0 amide bonds. The number of aliphatic hydroxyl groups excluding tert-OH is 1. The zero-order valence-corrected chi connectivity index (χ0v) is 10.2. The van der Waals surface area contributed by atoms with Crippen LogP contribution in [0.25, 0.3) is 0 Å². The summed E-state index contributed by atoms with van der Waals surface area (Å²) in [6.07, 6.45) is 0.0334. The van der Waals surface area contributed by atoms with E-state index >= 15 is 0 Å². The summed E-state index contributed by atoms with van der Waals surface area (Å²) in [7, 11) is 0. The van der Waals surface area contributed by atoms with Crippen molar-refractivity contribution in [3.05, 3.63) is 28.8 Å². The molecular formula is C13H18O3. The van der Waals surface area contributed by atoms with E-state index in [-0.39, 0.29) is 6.10 Å². The van der Waals surface area contributed by atoms with Gasteiger partial charge in [0.25, 0.3) is 0 Å². The van der Waals surface area contributed by atoms with E-state index in [1.54, 1.807) is 19.1 Å². The van der Waals surface area contributed by atoms with Gasteiger partial charge in [0.1, 0.15) is 18.1 Å². The van der Waals surface area contributed by atoms with Crippen LogP contribution in [0.1, 0.15) is 35.3 Å². The molecule has 0 saturated carbocycles. The number of aliphatic hydroxyl groups is 1. The number of rotatable bonds is 4. The summed E-state index contributed by atoms with van der Waals surface area (Å²) in [5, 5.41) is 9.38. The lowest BCUT2D eigenvalue weighted by atomic mass is 10.1. The number of aldehydes is 1. The van der Waals surface area contributed by atoms with Crippen molar-refractivity contribution in [1.82, 2.24) is 0 Å². The third kappa shape index (κ3) is 2.83. The van der Waals surface area contributed by atoms with Gasteiger partial charge in [0.05, 0.1) is 6.10 Å². The molecule has 88 valence electrons. The van der Waals surface area contributed by atoms with Crippen molar-refractivity contribution in [2.45, 2.75) is 39.9 Å². The van der Waals surface area contributed by atoms with Gasteiger partial charge < -0.3 is 9.84 Å². The monoisotopic (exact) mass is 222 g/mol. The molecule has 0 fully saturated rings. The van der Waals surface area contributed by atoms with Gasteiger partial charge in [-0.3, -0.25) is 4.79 Å². The predicted octanol–water partition coefficient (Wildman–Crippen LogP) is 2.26. The highest BCUT2D eigenvalue weighted by atomic mass is 16.5. The Morgan fingerprint density at radius 1 is 1.25 bits per heavy atom. The van der Waals surface area contributed by atoms with Crippen LogP contribution in [0.3, 0.4) is 0 Å². The summed E-state index contributed by atoms with van der Waals surface area (Å²) in [6, 6.07) is 3.56. The fraction of sp³-hybridized carbons (Fsp3) is 0.462. The molecule has 0 bridgehead atoms. The summed E-state index contributed by atoms with van der Waals surface area (Å²) in [6.45, 7) is 7.29. The molecule has 0 aliphatic rings. The van der Waals surface area contributed by atoms with E-state index in [1.807, 2.05) is 20.8 Å². The van der Waals surface area contributed by atoms with Crippen LogP contribution in [0.4, 0.5) is 0 Å². The van der Waals surface area contributed by atoms with Gasteiger partial charge in [0, 0.05) is 5.56 Å². The maximum absolute atomic E-state index is 10.7. The molecule has 3 heteroatoms. The molecule has 2 unspecified atom stereocenters. The van der Waals surface area contributed by atoms with E-state index in [2.05, 4.69) is 0 Å². The van der Waals surface area contributed by atoms with E-state index in [4.69, 9.17) is 4.74 Å². The third-order valence-electron chi connectivity index (χ3n) is 2.60. The lowest BCUT2D eigenvalue weighted by Crippen LogP contribution is -2.26. The summed E-state index contributed by atoms with van der Waals surface area (Å²) in [5.74, 6) is 0.749. The van der Waals surface area contributed by atoms with Crippen LogP contribution in [-0.4, -0.2) is 23.6 Å². The van der Waals surface area contributed by atoms with Crippen LogP contribution in [-0.2, 0) is 0 Å². The molecule has 0 heterocycles. The highest BCUT2D eigenvalue weighted by Crippen LogP contribution is 2.25. The minimum Gasteiger partial charge on any atom is -0.487 e. The molecule has 1 N–H and O–H groups in total. The molecule has 0 radical (unpaired) electrons. The first-order chi connectivity index (χ1) is 7.45. The molecule has 0 spiro atoms. The van der Waals surface area contributed by atoms with Gasteiger partial charge >= 0.3 is 0 Å². The van der Waals surface area contributed by atoms with Crippen molar-refractivity contribution in [1.29, 1.82) is 0 Å². The van der Waals surface area contributed by atoms with Crippen molar-refractivity contribution in [3.8, 4) is 5.75 Å². The van der Waals surface area contributed by atoms with Gasteiger partial charge in [0.15, 0.2) is 0 Å². The van der Waals surface area contributed by atoms with Crippen molar-refractivity contribution in [3.63, 3.8) is 0 Å².